The summed E-state index contributed by atoms with van der Waals surface area (Å²) in [5.74, 6) is 0.0425. The molecule has 3 heterocycles. The third-order valence-corrected chi connectivity index (χ3v) is 7.85. The molecule has 12 heteroatoms. The quantitative estimate of drug-likeness (QED) is 0.474. The molecule has 0 saturated heterocycles. The molecule has 0 spiro atoms. The molecular formula is C26H22ClF3N4O4. The van der Waals surface area contributed by atoms with E-state index in [0.29, 0.717) is 47.7 Å². The Morgan fingerprint density at radius 3 is 2.63 bits per heavy atom. The molecular weight excluding hydrogens is 525 g/mol. The maximum absolute atomic E-state index is 13.0. The van der Waals surface area contributed by atoms with Gasteiger partial charge in [-0.15, -0.1) is 0 Å². The Labute approximate surface area is 219 Å². The topological polar surface area (TPSA) is 106 Å². The highest BCUT2D eigenvalue weighted by Crippen LogP contribution is 2.69. The van der Waals surface area contributed by atoms with Gasteiger partial charge in [-0.05, 0) is 55.0 Å². The van der Waals surface area contributed by atoms with Crippen LogP contribution in [0.2, 0.25) is 5.02 Å². The molecule has 3 aromatic rings. The first-order valence-corrected chi connectivity index (χ1v) is 12.4. The second kappa shape index (κ2) is 8.54. The van der Waals surface area contributed by atoms with Gasteiger partial charge in [0.1, 0.15) is 11.4 Å². The van der Waals surface area contributed by atoms with E-state index >= 15 is 0 Å². The molecule has 1 amide bonds. The Hall–Kier alpha value is -3.44. The average molecular weight is 547 g/mol. The average Bonchev–Trinajstić information content (AvgIpc) is 3.32. The van der Waals surface area contributed by atoms with Gasteiger partial charge in [0, 0.05) is 35.2 Å². The number of ketones is 1. The zero-order chi connectivity index (χ0) is 26.9. The third-order valence-electron chi connectivity index (χ3n) is 7.61. The Balaban J connectivity index is 1.03. The summed E-state index contributed by atoms with van der Waals surface area (Å²) in [4.78, 5) is 29.2. The van der Waals surface area contributed by atoms with Crippen LogP contribution in [0.1, 0.15) is 59.8 Å². The highest BCUT2D eigenvalue weighted by Gasteiger charge is 2.68. The Kier molecular flexibility index (Phi) is 5.59. The second-order valence-corrected chi connectivity index (χ2v) is 11.0. The highest BCUT2D eigenvalue weighted by atomic mass is 35.5. The van der Waals surface area contributed by atoms with Crippen LogP contribution in [0, 0.1) is 5.41 Å². The number of rotatable bonds is 6. The predicted octanol–water partition coefficient (Wildman–Crippen LogP) is 4.44. The Bertz CT molecular complexity index is 1420. The fourth-order valence-corrected chi connectivity index (χ4v) is 6.18. The number of nitrogens with zero attached hydrogens (tertiary/aromatic N) is 3. The van der Waals surface area contributed by atoms with Crippen molar-refractivity contribution in [3.05, 3.63) is 70.8 Å². The predicted molar refractivity (Wildman–Crippen MR) is 128 cm³/mol. The number of benzene rings is 1. The molecule has 38 heavy (non-hydrogen) atoms. The Morgan fingerprint density at radius 1 is 1.18 bits per heavy atom. The van der Waals surface area contributed by atoms with E-state index in [1.165, 1.54) is 23.1 Å². The number of hydrogen-bond donors (Lipinski definition) is 2. The van der Waals surface area contributed by atoms with Crippen LogP contribution in [0.5, 0.6) is 5.75 Å². The monoisotopic (exact) mass is 546 g/mol. The van der Waals surface area contributed by atoms with Crippen molar-refractivity contribution in [1.82, 2.24) is 20.1 Å². The number of Topliss-reactive ketones (excluding diaryl/α,β-unsaturated/α-hetero) is 1. The van der Waals surface area contributed by atoms with E-state index in [0.717, 1.165) is 12.3 Å². The molecule has 7 rings (SSSR count). The number of halogens is 4. The number of alkyl halides is 3. The zero-order valence-electron chi connectivity index (χ0n) is 19.8. The molecule has 1 aliphatic heterocycles. The molecule has 8 nitrogen and oxygen atoms in total. The van der Waals surface area contributed by atoms with Crippen LogP contribution in [-0.4, -0.2) is 43.2 Å². The van der Waals surface area contributed by atoms with Gasteiger partial charge in [-0.2, -0.15) is 18.3 Å². The minimum Gasteiger partial charge on any atom is -0.482 e. The maximum Gasteiger partial charge on any atom is 0.433 e. The van der Waals surface area contributed by atoms with E-state index in [1.807, 2.05) is 0 Å². The van der Waals surface area contributed by atoms with Crippen molar-refractivity contribution in [3.63, 3.8) is 0 Å². The van der Waals surface area contributed by atoms with E-state index in [9.17, 15) is 27.9 Å². The molecule has 0 radical (unpaired) electrons. The molecule has 3 aliphatic carbocycles. The van der Waals surface area contributed by atoms with Crippen LogP contribution in [0.3, 0.4) is 0 Å². The van der Waals surface area contributed by atoms with Gasteiger partial charge in [0.25, 0.3) is 5.91 Å². The maximum atomic E-state index is 13.0. The lowest BCUT2D eigenvalue weighted by Crippen LogP contribution is -2.75. The Morgan fingerprint density at radius 2 is 1.95 bits per heavy atom. The number of aliphatic hydroxyl groups is 1. The number of hydrogen-bond acceptors (Lipinski definition) is 6. The van der Waals surface area contributed by atoms with Gasteiger partial charge >= 0.3 is 6.18 Å². The third kappa shape index (κ3) is 4.33. The molecule has 2 N–H and O–H groups in total. The van der Waals surface area contributed by atoms with Crippen molar-refractivity contribution < 1.29 is 32.6 Å². The number of nitrogens with one attached hydrogen (secondary N) is 1. The summed E-state index contributed by atoms with van der Waals surface area (Å²) in [5, 5.41) is 18.0. The van der Waals surface area contributed by atoms with E-state index in [-0.39, 0.29) is 34.6 Å². The first-order chi connectivity index (χ1) is 17.9. The first kappa shape index (κ1) is 24.9. The molecule has 0 unspecified atom stereocenters. The van der Waals surface area contributed by atoms with Crippen LogP contribution in [0.25, 0.3) is 5.69 Å². The van der Waals surface area contributed by atoms with Gasteiger partial charge in [-0.3, -0.25) is 9.59 Å². The van der Waals surface area contributed by atoms with Gasteiger partial charge < -0.3 is 15.2 Å². The van der Waals surface area contributed by atoms with Gasteiger partial charge in [-0.25, -0.2) is 9.67 Å². The van der Waals surface area contributed by atoms with Gasteiger partial charge in [-0.1, -0.05) is 11.6 Å². The van der Waals surface area contributed by atoms with Crippen molar-refractivity contribution in [2.24, 2.45) is 5.41 Å². The number of ether oxygens (including phenoxy) is 1. The number of pyridine rings is 1. The van der Waals surface area contributed by atoms with Crippen LogP contribution in [-0.2, 0) is 11.0 Å². The minimum absolute atomic E-state index is 0.0734. The number of aromatic nitrogens is 3. The smallest absolute Gasteiger partial charge is 0.433 e. The molecule has 4 aliphatic rings. The summed E-state index contributed by atoms with van der Waals surface area (Å²) in [6.07, 6.45) is 0.183. The molecule has 1 aromatic carbocycles. The molecule has 2 bridgehead atoms. The number of aliphatic hydroxyl groups excluding tert-OH is 1. The van der Waals surface area contributed by atoms with Crippen molar-refractivity contribution >= 4 is 23.3 Å². The summed E-state index contributed by atoms with van der Waals surface area (Å²) in [5.41, 5.74) is -0.445. The van der Waals surface area contributed by atoms with E-state index in [4.69, 9.17) is 16.3 Å². The normalized spacial score (nSPS) is 27.4. The lowest BCUT2D eigenvalue weighted by Gasteiger charge is -2.70. The first-order valence-electron chi connectivity index (χ1n) is 12.0. The molecule has 2 atom stereocenters. The van der Waals surface area contributed by atoms with Gasteiger partial charge in [0.05, 0.1) is 29.7 Å². The van der Waals surface area contributed by atoms with E-state index < -0.39 is 24.1 Å². The zero-order valence-corrected chi connectivity index (χ0v) is 20.6. The van der Waals surface area contributed by atoms with E-state index in [1.54, 1.807) is 18.2 Å². The molecule has 3 fully saturated rings. The fourth-order valence-electron chi connectivity index (χ4n) is 6.00. The summed E-state index contributed by atoms with van der Waals surface area (Å²) < 4.78 is 45.3. The SMILES string of the molecule is O=C(NC12CC(CC(=O)[C@H]3C[C@@H](O)c4cc(Cl)ccc4O3)(C1)C2)c1cnn(-c2ccc(C(F)(F)F)nc2)c1. The van der Waals surface area contributed by atoms with Gasteiger partial charge in [0.15, 0.2) is 11.9 Å². The molecule has 2 aromatic heterocycles. The summed E-state index contributed by atoms with van der Waals surface area (Å²) in [6, 6.07) is 7.03. The summed E-state index contributed by atoms with van der Waals surface area (Å²) in [7, 11) is 0. The summed E-state index contributed by atoms with van der Waals surface area (Å²) in [6.45, 7) is 0. The van der Waals surface area contributed by atoms with Crippen LogP contribution in [0.4, 0.5) is 13.2 Å². The fraction of sp³-hybridized carbons (Fsp3) is 0.385. The lowest BCUT2D eigenvalue weighted by molar-refractivity contribution is -0.166. The van der Waals surface area contributed by atoms with Crippen LogP contribution < -0.4 is 10.1 Å². The van der Waals surface area contributed by atoms with E-state index in [2.05, 4.69) is 15.4 Å². The van der Waals surface area contributed by atoms with Crippen molar-refractivity contribution in [1.29, 1.82) is 0 Å². The standard InChI is InChI=1S/C26H22ClF3N4O4/c27-15-1-3-20-17(5-15)18(35)6-21(38-20)19(36)7-24-11-25(12-24,13-24)33-23(37)14-8-32-34(10-14)16-2-4-22(31-9-16)26(28,29)30/h1-5,8-10,18,21,35H,6-7,11-13H2,(H,33,37)/t18-,21-,24?,25?/m1/s1. The number of carbonyl (C=O) groups excluding carboxylic acids is 2. The van der Waals surface area contributed by atoms with Crippen molar-refractivity contribution in [3.8, 4) is 11.4 Å². The highest BCUT2D eigenvalue weighted by molar-refractivity contribution is 6.30. The van der Waals surface area contributed by atoms with Crippen LogP contribution >= 0.6 is 11.6 Å². The van der Waals surface area contributed by atoms with Crippen molar-refractivity contribution in [2.45, 2.75) is 56.0 Å². The molecule has 198 valence electrons. The van der Waals surface area contributed by atoms with Crippen LogP contribution in [0.15, 0.2) is 48.9 Å². The number of carbonyl (C=O) groups is 2. The van der Waals surface area contributed by atoms with Crippen molar-refractivity contribution in [2.75, 3.05) is 0 Å². The van der Waals surface area contributed by atoms with Gasteiger partial charge in [0.2, 0.25) is 0 Å². The lowest BCUT2D eigenvalue weighted by atomic mass is 9.38. The minimum atomic E-state index is -4.54. The summed E-state index contributed by atoms with van der Waals surface area (Å²) >= 11 is 5.99. The second-order valence-electron chi connectivity index (χ2n) is 10.5. The number of fused-ring (bicyclic) bond motifs is 1. The largest absolute Gasteiger partial charge is 0.482 e. The molecule has 3 saturated carbocycles. The number of amides is 1.